The summed E-state index contributed by atoms with van der Waals surface area (Å²) in [7, 11) is -3.06. The summed E-state index contributed by atoms with van der Waals surface area (Å²) in [5.74, 6) is 1.21. The molecule has 114 valence electrons. The SMILES string of the molecule is CCCNC(C1CCCC(C)C1)C(C)(C)S(C)(=O)=O. The average Bonchev–Trinajstić information content (AvgIpc) is 2.28. The van der Waals surface area contributed by atoms with Crippen LogP contribution in [-0.4, -0.2) is 32.0 Å². The van der Waals surface area contributed by atoms with Crippen LogP contribution >= 0.6 is 0 Å². The largest absolute Gasteiger partial charge is 0.312 e. The van der Waals surface area contributed by atoms with Crippen molar-refractivity contribution in [2.45, 2.75) is 70.6 Å². The van der Waals surface area contributed by atoms with Gasteiger partial charge in [0.15, 0.2) is 9.84 Å². The minimum atomic E-state index is -3.06. The lowest BCUT2D eigenvalue weighted by molar-refractivity contribution is 0.197. The van der Waals surface area contributed by atoms with Gasteiger partial charge in [-0.25, -0.2) is 8.42 Å². The fourth-order valence-electron chi connectivity index (χ4n) is 3.29. The van der Waals surface area contributed by atoms with Crippen molar-refractivity contribution in [3.63, 3.8) is 0 Å². The van der Waals surface area contributed by atoms with E-state index in [1.165, 1.54) is 19.1 Å². The van der Waals surface area contributed by atoms with Gasteiger partial charge in [0.2, 0.25) is 0 Å². The molecule has 0 saturated heterocycles. The third kappa shape index (κ3) is 4.19. The van der Waals surface area contributed by atoms with Crippen LogP contribution in [0.25, 0.3) is 0 Å². The molecule has 0 heterocycles. The van der Waals surface area contributed by atoms with E-state index < -0.39 is 14.6 Å². The van der Waals surface area contributed by atoms with Crippen molar-refractivity contribution in [1.29, 1.82) is 0 Å². The molecule has 3 atom stereocenters. The maximum absolute atomic E-state index is 12.1. The van der Waals surface area contributed by atoms with Crippen LogP contribution in [0.3, 0.4) is 0 Å². The molecular formula is C15H31NO2S. The monoisotopic (exact) mass is 289 g/mol. The minimum Gasteiger partial charge on any atom is -0.312 e. The summed E-state index contributed by atoms with van der Waals surface area (Å²) in [6.45, 7) is 9.08. The van der Waals surface area contributed by atoms with Crippen molar-refractivity contribution >= 4 is 9.84 Å². The topological polar surface area (TPSA) is 46.2 Å². The van der Waals surface area contributed by atoms with Gasteiger partial charge in [0.05, 0.1) is 4.75 Å². The summed E-state index contributed by atoms with van der Waals surface area (Å²) >= 11 is 0. The van der Waals surface area contributed by atoms with Gasteiger partial charge >= 0.3 is 0 Å². The number of rotatable bonds is 6. The van der Waals surface area contributed by atoms with E-state index >= 15 is 0 Å². The maximum atomic E-state index is 12.1. The van der Waals surface area contributed by atoms with E-state index in [1.807, 2.05) is 13.8 Å². The van der Waals surface area contributed by atoms with Crippen molar-refractivity contribution in [2.24, 2.45) is 11.8 Å². The molecule has 1 aliphatic rings. The van der Waals surface area contributed by atoms with E-state index in [-0.39, 0.29) is 6.04 Å². The van der Waals surface area contributed by atoms with E-state index in [0.717, 1.165) is 31.7 Å². The van der Waals surface area contributed by atoms with Crippen molar-refractivity contribution < 1.29 is 8.42 Å². The first-order valence-electron chi connectivity index (χ1n) is 7.63. The molecule has 0 aromatic rings. The lowest BCUT2D eigenvalue weighted by Gasteiger charge is -2.42. The Labute approximate surface area is 119 Å². The Morgan fingerprint density at radius 1 is 1.32 bits per heavy atom. The van der Waals surface area contributed by atoms with Crippen LogP contribution in [0.2, 0.25) is 0 Å². The Morgan fingerprint density at radius 2 is 1.95 bits per heavy atom. The highest BCUT2D eigenvalue weighted by Gasteiger charge is 2.43. The second kappa shape index (κ2) is 6.57. The van der Waals surface area contributed by atoms with Crippen LogP contribution in [0.15, 0.2) is 0 Å². The first kappa shape index (κ1) is 17.0. The number of nitrogens with one attached hydrogen (secondary N) is 1. The van der Waals surface area contributed by atoms with Crippen LogP contribution in [0.1, 0.15) is 59.8 Å². The van der Waals surface area contributed by atoms with Crippen molar-refractivity contribution in [2.75, 3.05) is 12.8 Å². The smallest absolute Gasteiger partial charge is 0.154 e. The molecule has 0 aliphatic heterocycles. The molecule has 1 N–H and O–H groups in total. The lowest BCUT2D eigenvalue weighted by Crippen LogP contribution is -2.56. The van der Waals surface area contributed by atoms with Gasteiger partial charge in [-0.2, -0.15) is 0 Å². The van der Waals surface area contributed by atoms with E-state index in [2.05, 4.69) is 19.2 Å². The zero-order valence-corrected chi connectivity index (χ0v) is 14.0. The number of hydrogen-bond acceptors (Lipinski definition) is 3. The molecule has 1 rings (SSSR count). The summed E-state index contributed by atoms with van der Waals surface area (Å²) in [5, 5.41) is 3.53. The summed E-state index contributed by atoms with van der Waals surface area (Å²) in [6.07, 6.45) is 7.25. The van der Waals surface area contributed by atoms with Gasteiger partial charge in [0.25, 0.3) is 0 Å². The fourth-order valence-corrected chi connectivity index (χ4v) is 4.03. The summed E-state index contributed by atoms with van der Waals surface area (Å²) in [5.41, 5.74) is 0. The van der Waals surface area contributed by atoms with Crippen LogP contribution in [-0.2, 0) is 9.84 Å². The van der Waals surface area contributed by atoms with Crippen LogP contribution in [0, 0.1) is 11.8 Å². The first-order chi connectivity index (χ1) is 8.70. The van der Waals surface area contributed by atoms with Gasteiger partial charge in [0.1, 0.15) is 0 Å². The van der Waals surface area contributed by atoms with E-state index in [1.54, 1.807) is 0 Å². The normalized spacial score (nSPS) is 27.2. The molecular weight excluding hydrogens is 258 g/mol. The second-order valence-corrected chi connectivity index (χ2v) is 9.44. The van der Waals surface area contributed by atoms with Gasteiger partial charge in [-0.1, -0.05) is 26.7 Å². The molecule has 1 saturated carbocycles. The molecule has 0 bridgehead atoms. The number of hydrogen-bond donors (Lipinski definition) is 1. The average molecular weight is 289 g/mol. The van der Waals surface area contributed by atoms with Gasteiger partial charge in [-0.15, -0.1) is 0 Å². The second-order valence-electron chi connectivity index (χ2n) is 6.84. The quantitative estimate of drug-likeness (QED) is 0.817. The summed E-state index contributed by atoms with van der Waals surface area (Å²) < 4.78 is 23.6. The van der Waals surface area contributed by atoms with Crippen LogP contribution in [0.5, 0.6) is 0 Å². The molecule has 1 fully saturated rings. The van der Waals surface area contributed by atoms with Crippen LogP contribution < -0.4 is 5.32 Å². The fraction of sp³-hybridized carbons (Fsp3) is 1.00. The summed E-state index contributed by atoms with van der Waals surface area (Å²) in [6, 6.07) is 0.0743. The molecule has 0 radical (unpaired) electrons. The molecule has 4 heteroatoms. The van der Waals surface area contributed by atoms with Gasteiger partial charge in [-0.3, -0.25) is 0 Å². The van der Waals surface area contributed by atoms with Gasteiger partial charge in [-0.05, 0) is 51.5 Å². The minimum absolute atomic E-state index is 0.0743. The van der Waals surface area contributed by atoms with Gasteiger partial charge in [0, 0.05) is 12.3 Å². The Bertz CT molecular complexity index is 376. The molecule has 19 heavy (non-hydrogen) atoms. The highest BCUT2D eigenvalue weighted by Crippen LogP contribution is 2.36. The highest BCUT2D eigenvalue weighted by atomic mass is 32.2. The lowest BCUT2D eigenvalue weighted by atomic mass is 9.75. The third-order valence-electron chi connectivity index (χ3n) is 4.77. The zero-order chi connectivity index (χ0) is 14.7. The van der Waals surface area contributed by atoms with Crippen molar-refractivity contribution in [1.82, 2.24) is 5.32 Å². The molecule has 1 aliphatic carbocycles. The Balaban J connectivity index is 2.93. The standard InChI is InChI=1S/C15H31NO2S/c1-6-10-16-14(15(3,4)19(5,17)18)13-9-7-8-12(2)11-13/h12-14,16H,6-11H2,1-5H3. The van der Waals surface area contributed by atoms with Gasteiger partial charge < -0.3 is 5.32 Å². The third-order valence-corrected chi connectivity index (χ3v) is 6.93. The molecule has 3 nitrogen and oxygen atoms in total. The summed E-state index contributed by atoms with van der Waals surface area (Å²) in [4.78, 5) is 0. The van der Waals surface area contributed by atoms with E-state index in [0.29, 0.717) is 5.92 Å². The van der Waals surface area contributed by atoms with E-state index in [9.17, 15) is 8.42 Å². The van der Waals surface area contributed by atoms with Crippen molar-refractivity contribution in [3.05, 3.63) is 0 Å². The molecule has 0 aromatic carbocycles. The molecule has 0 spiro atoms. The Kier molecular flexibility index (Phi) is 5.87. The van der Waals surface area contributed by atoms with Crippen LogP contribution in [0.4, 0.5) is 0 Å². The van der Waals surface area contributed by atoms with Crippen molar-refractivity contribution in [3.8, 4) is 0 Å². The molecule has 0 amide bonds. The first-order valence-corrected chi connectivity index (χ1v) is 9.52. The Morgan fingerprint density at radius 3 is 2.42 bits per heavy atom. The Hall–Kier alpha value is -0.0900. The molecule has 3 unspecified atom stereocenters. The molecule has 0 aromatic heterocycles. The van der Waals surface area contributed by atoms with E-state index in [4.69, 9.17) is 0 Å². The predicted molar refractivity (Wildman–Crippen MR) is 82.1 cm³/mol. The highest BCUT2D eigenvalue weighted by molar-refractivity contribution is 7.92. The zero-order valence-electron chi connectivity index (χ0n) is 13.2. The number of sulfone groups is 1. The maximum Gasteiger partial charge on any atom is 0.154 e. The predicted octanol–water partition coefficient (Wildman–Crippen LogP) is 3.00.